The molecule has 5 nitrogen and oxygen atoms in total. The second-order valence-electron chi connectivity index (χ2n) is 7.38. The SMILES string of the molecule is Cc1ccc(C)c(C(=O)CN2C(=O)NC(C)(CCc3ccccc3)C2=O)c1. The quantitative estimate of drug-likeness (QED) is 0.631. The summed E-state index contributed by atoms with van der Waals surface area (Å²) in [7, 11) is 0. The molecule has 1 unspecified atom stereocenters. The van der Waals surface area contributed by atoms with Gasteiger partial charge in [0.25, 0.3) is 5.91 Å². The van der Waals surface area contributed by atoms with Crippen LogP contribution >= 0.6 is 0 Å². The van der Waals surface area contributed by atoms with E-state index in [1.165, 1.54) is 0 Å². The molecule has 2 aromatic rings. The Kier molecular flexibility index (Phi) is 5.13. The molecule has 1 N–H and O–H groups in total. The van der Waals surface area contributed by atoms with Gasteiger partial charge in [-0.15, -0.1) is 0 Å². The van der Waals surface area contributed by atoms with E-state index >= 15 is 0 Å². The highest BCUT2D eigenvalue weighted by molar-refractivity contribution is 6.11. The zero-order valence-electron chi connectivity index (χ0n) is 15.9. The fourth-order valence-corrected chi connectivity index (χ4v) is 3.36. The Morgan fingerprint density at radius 2 is 1.78 bits per heavy atom. The second kappa shape index (κ2) is 7.35. The highest BCUT2D eigenvalue weighted by atomic mass is 16.2. The Hall–Kier alpha value is -2.95. The van der Waals surface area contributed by atoms with Crippen molar-refractivity contribution in [1.82, 2.24) is 10.2 Å². The maximum absolute atomic E-state index is 12.9. The fourth-order valence-electron chi connectivity index (χ4n) is 3.36. The molecule has 0 bridgehead atoms. The molecule has 5 heteroatoms. The summed E-state index contributed by atoms with van der Waals surface area (Å²) >= 11 is 0. The molecule has 1 atom stereocenters. The van der Waals surface area contributed by atoms with Gasteiger partial charge < -0.3 is 5.32 Å². The van der Waals surface area contributed by atoms with Gasteiger partial charge in [-0.3, -0.25) is 14.5 Å². The molecule has 1 saturated heterocycles. The number of hydrogen-bond acceptors (Lipinski definition) is 3. The van der Waals surface area contributed by atoms with Crippen molar-refractivity contribution in [2.24, 2.45) is 0 Å². The molecule has 3 rings (SSSR count). The van der Waals surface area contributed by atoms with Gasteiger partial charge in [0, 0.05) is 5.56 Å². The van der Waals surface area contributed by atoms with Crippen LogP contribution < -0.4 is 5.32 Å². The van der Waals surface area contributed by atoms with E-state index < -0.39 is 11.6 Å². The van der Waals surface area contributed by atoms with Gasteiger partial charge in [-0.2, -0.15) is 0 Å². The van der Waals surface area contributed by atoms with Crippen molar-refractivity contribution in [3.63, 3.8) is 0 Å². The number of aryl methyl sites for hydroxylation is 3. The molecule has 1 aliphatic rings. The second-order valence-corrected chi connectivity index (χ2v) is 7.38. The van der Waals surface area contributed by atoms with Gasteiger partial charge in [0.2, 0.25) is 0 Å². The molecule has 0 saturated carbocycles. The van der Waals surface area contributed by atoms with Crippen LogP contribution in [0.2, 0.25) is 0 Å². The maximum Gasteiger partial charge on any atom is 0.325 e. The number of ketones is 1. The van der Waals surface area contributed by atoms with Crippen LogP contribution in [0.5, 0.6) is 0 Å². The molecule has 0 spiro atoms. The highest BCUT2D eigenvalue weighted by Crippen LogP contribution is 2.24. The summed E-state index contributed by atoms with van der Waals surface area (Å²) in [5.41, 5.74) is 2.46. The molecule has 27 heavy (non-hydrogen) atoms. The minimum Gasteiger partial charge on any atom is -0.323 e. The summed E-state index contributed by atoms with van der Waals surface area (Å²) in [4.78, 5) is 39.0. The van der Waals surface area contributed by atoms with Crippen LogP contribution in [-0.4, -0.2) is 34.7 Å². The molecular weight excluding hydrogens is 340 g/mol. The number of hydrogen-bond donors (Lipinski definition) is 1. The molecule has 140 valence electrons. The van der Waals surface area contributed by atoms with Gasteiger partial charge in [0.15, 0.2) is 5.78 Å². The van der Waals surface area contributed by atoms with Gasteiger partial charge in [-0.25, -0.2) is 4.79 Å². The van der Waals surface area contributed by atoms with Crippen LogP contribution in [0.1, 0.15) is 40.4 Å². The van der Waals surface area contributed by atoms with Gasteiger partial charge in [0.1, 0.15) is 5.54 Å². The number of rotatable bonds is 6. The topological polar surface area (TPSA) is 66.5 Å². The first kappa shape index (κ1) is 18.8. The molecule has 1 fully saturated rings. The monoisotopic (exact) mass is 364 g/mol. The highest BCUT2D eigenvalue weighted by Gasteiger charge is 2.47. The van der Waals surface area contributed by atoms with E-state index in [1.807, 2.05) is 56.3 Å². The number of urea groups is 1. The number of amides is 3. The first-order valence-corrected chi connectivity index (χ1v) is 9.09. The number of nitrogens with one attached hydrogen (secondary N) is 1. The summed E-state index contributed by atoms with van der Waals surface area (Å²) in [6.07, 6.45) is 1.15. The molecule has 0 radical (unpaired) electrons. The predicted molar refractivity (Wildman–Crippen MR) is 104 cm³/mol. The Morgan fingerprint density at radius 3 is 2.48 bits per heavy atom. The zero-order chi connectivity index (χ0) is 19.6. The molecule has 0 aliphatic carbocycles. The summed E-state index contributed by atoms with van der Waals surface area (Å²) in [5, 5.41) is 2.77. The average molecular weight is 364 g/mol. The first-order valence-electron chi connectivity index (χ1n) is 9.09. The van der Waals surface area contributed by atoms with Crippen molar-refractivity contribution < 1.29 is 14.4 Å². The van der Waals surface area contributed by atoms with Gasteiger partial charge in [0.05, 0.1) is 6.54 Å². The number of benzene rings is 2. The largest absolute Gasteiger partial charge is 0.325 e. The molecule has 0 aromatic heterocycles. The van der Waals surface area contributed by atoms with Crippen LogP contribution in [0.25, 0.3) is 0 Å². The van der Waals surface area contributed by atoms with Gasteiger partial charge in [-0.1, -0.05) is 48.0 Å². The fraction of sp³-hybridized carbons (Fsp3) is 0.318. The van der Waals surface area contributed by atoms with Crippen LogP contribution in [0.3, 0.4) is 0 Å². The zero-order valence-corrected chi connectivity index (χ0v) is 15.9. The van der Waals surface area contributed by atoms with Crippen molar-refractivity contribution in [3.8, 4) is 0 Å². The van der Waals surface area contributed by atoms with Crippen LogP contribution in [-0.2, 0) is 11.2 Å². The standard InChI is InChI=1S/C22H24N2O3/c1-15-9-10-16(2)18(13-15)19(25)14-24-20(26)22(3,23-21(24)27)12-11-17-7-5-4-6-8-17/h4-10,13H,11-12,14H2,1-3H3,(H,23,27). The lowest BCUT2D eigenvalue weighted by Crippen LogP contribution is -2.44. The van der Waals surface area contributed by atoms with E-state index in [0.717, 1.165) is 21.6 Å². The third-order valence-electron chi connectivity index (χ3n) is 5.10. The number of carbonyl (C=O) groups is 3. The summed E-state index contributed by atoms with van der Waals surface area (Å²) in [5.74, 6) is -0.575. The van der Waals surface area contributed by atoms with E-state index in [4.69, 9.17) is 0 Å². The van der Waals surface area contributed by atoms with Gasteiger partial charge >= 0.3 is 6.03 Å². The number of Topliss-reactive ketones (excluding diaryl/α,β-unsaturated/α-hetero) is 1. The maximum atomic E-state index is 12.9. The van der Waals surface area contributed by atoms with Crippen LogP contribution in [0, 0.1) is 13.8 Å². The Balaban J connectivity index is 1.72. The van der Waals surface area contributed by atoms with Crippen molar-refractivity contribution >= 4 is 17.7 Å². The normalized spacial score (nSPS) is 19.3. The summed E-state index contributed by atoms with van der Waals surface area (Å²) < 4.78 is 0. The van der Waals surface area contributed by atoms with E-state index in [2.05, 4.69) is 5.32 Å². The van der Waals surface area contributed by atoms with Crippen molar-refractivity contribution in [2.75, 3.05) is 6.54 Å². The summed E-state index contributed by atoms with van der Waals surface area (Å²) in [6.45, 7) is 5.24. The molecule has 1 aliphatic heterocycles. The first-order chi connectivity index (χ1) is 12.8. The third kappa shape index (κ3) is 3.92. The number of carbonyl (C=O) groups excluding carboxylic acids is 3. The minimum absolute atomic E-state index is 0.230. The van der Waals surface area contributed by atoms with Crippen molar-refractivity contribution in [2.45, 2.75) is 39.2 Å². The predicted octanol–water partition coefficient (Wildman–Crippen LogP) is 3.43. The number of nitrogens with zero attached hydrogens (tertiary/aromatic N) is 1. The third-order valence-corrected chi connectivity index (χ3v) is 5.10. The Bertz CT molecular complexity index is 892. The lowest BCUT2D eigenvalue weighted by molar-refractivity contribution is -0.130. The van der Waals surface area contributed by atoms with Crippen molar-refractivity contribution in [1.29, 1.82) is 0 Å². The average Bonchev–Trinajstić information content (AvgIpc) is 2.86. The van der Waals surface area contributed by atoms with E-state index in [0.29, 0.717) is 18.4 Å². The lowest BCUT2D eigenvalue weighted by Gasteiger charge is -2.21. The van der Waals surface area contributed by atoms with E-state index in [1.54, 1.807) is 13.0 Å². The molecule has 2 aromatic carbocycles. The Morgan fingerprint density at radius 1 is 1.07 bits per heavy atom. The Labute approximate surface area is 159 Å². The molecule has 3 amide bonds. The van der Waals surface area contributed by atoms with E-state index in [-0.39, 0.29) is 18.2 Å². The van der Waals surface area contributed by atoms with Crippen LogP contribution in [0.15, 0.2) is 48.5 Å². The minimum atomic E-state index is -0.991. The summed E-state index contributed by atoms with van der Waals surface area (Å²) in [6, 6.07) is 14.9. The molecule has 1 heterocycles. The van der Waals surface area contributed by atoms with E-state index in [9.17, 15) is 14.4 Å². The number of imide groups is 1. The lowest BCUT2D eigenvalue weighted by atomic mass is 9.93. The van der Waals surface area contributed by atoms with Crippen LogP contribution in [0.4, 0.5) is 4.79 Å². The molecular formula is C22H24N2O3. The van der Waals surface area contributed by atoms with Gasteiger partial charge in [-0.05, 0) is 50.8 Å². The van der Waals surface area contributed by atoms with Crippen molar-refractivity contribution in [3.05, 3.63) is 70.8 Å². The smallest absolute Gasteiger partial charge is 0.323 e.